The van der Waals surface area contributed by atoms with Crippen LogP contribution in [0.2, 0.25) is 0 Å². The van der Waals surface area contributed by atoms with Gasteiger partial charge in [0.25, 0.3) is 5.91 Å². The van der Waals surface area contributed by atoms with Crippen LogP contribution in [0.5, 0.6) is 0 Å². The quantitative estimate of drug-likeness (QED) is 0.597. The second-order valence-corrected chi connectivity index (χ2v) is 8.04. The van der Waals surface area contributed by atoms with Gasteiger partial charge in [-0.25, -0.2) is 4.39 Å². The lowest BCUT2D eigenvalue weighted by Crippen LogP contribution is -2.48. The minimum Gasteiger partial charge on any atom is -0.466 e. The monoisotopic (exact) mass is 426 g/mol. The Labute approximate surface area is 180 Å². The van der Waals surface area contributed by atoms with E-state index in [1.54, 1.807) is 19.1 Å². The fourth-order valence-corrected chi connectivity index (χ4v) is 3.85. The predicted octanol–water partition coefficient (Wildman–Crippen LogP) is 3.78. The second-order valence-electron chi connectivity index (χ2n) is 8.04. The maximum Gasteiger partial charge on any atom is 0.257 e. The zero-order valence-electron chi connectivity index (χ0n) is 18.2. The van der Waals surface area contributed by atoms with E-state index in [-0.39, 0.29) is 11.7 Å². The lowest BCUT2D eigenvalue weighted by Gasteiger charge is -2.34. The molecule has 0 spiro atoms. The van der Waals surface area contributed by atoms with Gasteiger partial charge in [-0.15, -0.1) is 0 Å². The summed E-state index contributed by atoms with van der Waals surface area (Å²) in [6.45, 7) is 9.36. The van der Waals surface area contributed by atoms with Crippen LogP contribution >= 0.6 is 0 Å². The van der Waals surface area contributed by atoms with Crippen molar-refractivity contribution in [3.05, 3.63) is 58.6 Å². The first-order valence-electron chi connectivity index (χ1n) is 10.6. The van der Waals surface area contributed by atoms with E-state index in [1.165, 1.54) is 6.07 Å². The van der Waals surface area contributed by atoms with Gasteiger partial charge in [0.1, 0.15) is 17.3 Å². The van der Waals surface area contributed by atoms with Gasteiger partial charge in [-0.3, -0.25) is 9.69 Å². The standard InChI is InChI=1S/C23H27FN4O3/c1-15-6-7-18(14-20(15)24)22-25-21(31-26-22)5-4-8-27-9-11-28(12-10-27)23(29)19-13-16(2)30-17(19)3/h6-7,13-14H,4-5,8-12H2,1-3H3. The molecule has 0 atom stereocenters. The fourth-order valence-electron chi connectivity index (χ4n) is 3.85. The molecule has 2 aromatic heterocycles. The van der Waals surface area contributed by atoms with E-state index in [0.717, 1.165) is 31.8 Å². The van der Waals surface area contributed by atoms with Crippen molar-refractivity contribution in [2.75, 3.05) is 32.7 Å². The molecule has 7 nitrogen and oxygen atoms in total. The Kier molecular flexibility index (Phi) is 6.18. The van der Waals surface area contributed by atoms with Gasteiger partial charge in [0, 0.05) is 38.2 Å². The summed E-state index contributed by atoms with van der Waals surface area (Å²) < 4.78 is 24.6. The average molecular weight is 426 g/mol. The van der Waals surface area contributed by atoms with Gasteiger partial charge in [-0.2, -0.15) is 4.98 Å². The molecule has 3 aromatic rings. The number of carbonyl (C=O) groups is 1. The normalized spacial score (nSPS) is 14.9. The molecule has 0 radical (unpaired) electrons. The van der Waals surface area contributed by atoms with Crippen molar-refractivity contribution in [1.29, 1.82) is 0 Å². The van der Waals surface area contributed by atoms with Gasteiger partial charge >= 0.3 is 0 Å². The lowest BCUT2D eigenvalue weighted by molar-refractivity contribution is 0.0634. The van der Waals surface area contributed by atoms with Crippen LogP contribution in [0.4, 0.5) is 4.39 Å². The minimum atomic E-state index is -0.278. The summed E-state index contributed by atoms with van der Waals surface area (Å²) in [6, 6.07) is 6.74. The summed E-state index contributed by atoms with van der Waals surface area (Å²) in [4.78, 5) is 21.3. The van der Waals surface area contributed by atoms with E-state index in [1.807, 2.05) is 24.8 Å². The van der Waals surface area contributed by atoms with Crippen LogP contribution < -0.4 is 0 Å². The zero-order chi connectivity index (χ0) is 22.0. The molecule has 1 saturated heterocycles. The molecule has 0 N–H and O–H groups in total. The Morgan fingerprint density at radius 1 is 1.13 bits per heavy atom. The molecular weight excluding hydrogens is 399 g/mol. The van der Waals surface area contributed by atoms with Crippen molar-refractivity contribution in [3.63, 3.8) is 0 Å². The van der Waals surface area contributed by atoms with Gasteiger partial charge in [-0.1, -0.05) is 17.3 Å². The maximum absolute atomic E-state index is 13.8. The van der Waals surface area contributed by atoms with E-state index < -0.39 is 0 Å². The van der Waals surface area contributed by atoms with Gasteiger partial charge in [0.2, 0.25) is 11.7 Å². The van der Waals surface area contributed by atoms with Crippen molar-refractivity contribution >= 4 is 5.91 Å². The zero-order valence-corrected chi connectivity index (χ0v) is 18.2. The van der Waals surface area contributed by atoms with Gasteiger partial charge in [0.15, 0.2) is 0 Å². The smallest absolute Gasteiger partial charge is 0.257 e. The van der Waals surface area contributed by atoms with Crippen LogP contribution in [0.3, 0.4) is 0 Å². The number of halogens is 1. The number of carbonyl (C=O) groups excluding carboxylic acids is 1. The molecule has 4 rings (SSSR count). The van der Waals surface area contributed by atoms with E-state index in [4.69, 9.17) is 8.94 Å². The number of nitrogens with zero attached hydrogens (tertiary/aromatic N) is 4. The number of aromatic nitrogens is 2. The van der Waals surface area contributed by atoms with E-state index in [0.29, 0.717) is 53.7 Å². The van der Waals surface area contributed by atoms with Gasteiger partial charge in [0.05, 0.1) is 5.56 Å². The summed E-state index contributed by atoms with van der Waals surface area (Å²) in [6.07, 6.45) is 1.53. The number of aryl methyl sites for hydroxylation is 4. The molecule has 3 heterocycles. The molecule has 0 aliphatic carbocycles. The summed E-state index contributed by atoms with van der Waals surface area (Å²) in [5.41, 5.74) is 1.86. The highest BCUT2D eigenvalue weighted by atomic mass is 19.1. The maximum atomic E-state index is 13.8. The number of hydrogen-bond acceptors (Lipinski definition) is 6. The van der Waals surface area contributed by atoms with E-state index in [2.05, 4.69) is 15.0 Å². The number of benzene rings is 1. The van der Waals surface area contributed by atoms with Gasteiger partial charge in [-0.05, 0) is 51.4 Å². The van der Waals surface area contributed by atoms with Crippen molar-refractivity contribution < 1.29 is 18.1 Å². The highest BCUT2D eigenvalue weighted by Crippen LogP contribution is 2.20. The number of piperazine rings is 1. The van der Waals surface area contributed by atoms with Crippen molar-refractivity contribution in [1.82, 2.24) is 19.9 Å². The Bertz CT molecular complexity index is 1070. The van der Waals surface area contributed by atoms with Crippen molar-refractivity contribution in [3.8, 4) is 11.4 Å². The summed E-state index contributed by atoms with van der Waals surface area (Å²) in [5, 5.41) is 3.97. The van der Waals surface area contributed by atoms with Crippen LogP contribution in [0.15, 0.2) is 33.2 Å². The van der Waals surface area contributed by atoms with Crippen LogP contribution in [0.1, 0.15) is 39.8 Å². The first-order valence-corrected chi connectivity index (χ1v) is 10.6. The molecule has 0 unspecified atom stereocenters. The number of hydrogen-bond donors (Lipinski definition) is 0. The topological polar surface area (TPSA) is 75.6 Å². The largest absolute Gasteiger partial charge is 0.466 e. The Morgan fingerprint density at radius 2 is 1.90 bits per heavy atom. The molecule has 1 aromatic carbocycles. The van der Waals surface area contributed by atoms with E-state index in [9.17, 15) is 9.18 Å². The first kappa shape index (κ1) is 21.2. The van der Waals surface area contributed by atoms with E-state index >= 15 is 0 Å². The van der Waals surface area contributed by atoms with Gasteiger partial charge < -0.3 is 13.8 Å². The SMILES string of the molecule is Cc1cc(C(=O)N2CCN(CCCc3nc(-c4ccc(C)c(F)c4)no3)CC2)c(C)o1. The van der Waals surface area contributed by atoms with Crippen LogP contribution in [-0.2, 0) is 6.42 Å². The van der Waals surface area contributed by atoms with Crippen LogP contribution in [-0.4, -0.2) is 58.6 Å². The second kappa shape index (κ2) is 9.01. The molecule has 0 saturated carbocycles. The molecule has 31 heavy (non-hydrogen) atoms. The van der Waals surface area contributed by atoms with Crippen molar-refractivity contribution in [2.45, 2.75) is 33.6 Å². The summed E-state index contributed by atoms with van der Waals surface area (Å²) >= 11 is 0. The average Bonchev–Trinajstić information content (AvgIpc) is 3.36. The Hall–Kier alpha value is -3.00. The summed E-state index contributed by atoms with van der Waals surface area (Å²) in [7, 11) is 0. The molecule has 1 fully saturated rings. The third kappa shape index (κ3) is 4.85. The molecule has 1 aliphatic heterocycles. The highest BCUT2D eigenvalue weighted by Gasteiger charge is 2.24. The predicted molar refractivity (Wildman–Crippen MR) is 113 cm³/mol. The Balaban J connectivity index is 1.23. The third-order valence-electron chi connectivity index (χ3n) is 5.69. The minimum absolute atomic E-state index is 0.0416. The first-order chi connectivity index (χ1) is 14.9. The number of rotatable bonds is 6. The summed E-state index contributed by atoms with van der Waals surface area (Å²) in [5.74, 6) is 2.16. The Morgan fingerprint density at radius 3 is 2.58 bits per heavy atom. The molecule has 0 bridgehead atoms. The fraction of sp³-hybridized carbons (Fsp3) is 0.435. The molecule has 8 heteroatoms. The van der Waals surface area contributed by atoms with Crippen LogP contribution in [0, 0.1) is 26.6 Å². The lowest BCUT2D eigenvalue weighted by atomic mass is 10.1. The number of furan rings is 1. The molecule has 1 amide bonds. The molecular formula is C23H27FN4O3. The van der Waals surface area contributed by atoms with Crippen LogP contribution in [0.25, 0.3) is 11.4 Å². The number of amides is 1. The molecule has 1 aliphatic rings. The third-order valence-corrected chi connectivity index (χ3v) is 5.69. The van der Waals surface area contributed by atoms with Crippen molar-refractivity contribution in [2.24, 2.45) is 0 Å². The highest BCUT2D eigenvalue weighted by molar-refractivity contribution is 5.95. The molecule has 164 valence electrons.